The molecule has 5 rings (SSSR count). The van der Waals surface area contributed by atoms with Crippen LogP contribution >= 0.6 is 23.2 Å². The van der Waals surface area contributed by atoms with Crippen LogP contribution in [0.5, 0.6) is 0 Å². The highest BCUT2D eigenvalue weighted by Crippen LogP contribution is 2.30. The number of carbonyl (C=O) groups is 4. The second-order valence-electron chi connectivity index (χ2n) is 10.3. The molecule has 0 aliphatic carbocycles. The Morgan fingerprint density at radius 3 is 2.04 bits per heavy atom. The van der Waals surface area contributed by atoms with E-state index in [-0.39, 0.29) is 56.5 Å². The number of aliphatic hydroxyl groups excluding tert-OH is 1. The Balaban J connectivity index is 0.000000335. The Bertz CT molecular complexity index is 1460. The lowest BCUT2D eigenvalue weighted by atomic mass is 10.0. The first-order valence-electron chi connectivity index (χ1n) is 16.0. The van der Waals surface area contributed by atoms with Gasteiger partial charge in [-0.25, -0.2) is 9.59 Å². The topological polar surface area (TPSA) is 160 Å². The number of methoxy groups -OCH3 is 2. The van der Waals surface area contributed by atoms with Crippen LogP contribution in [0.4, 0.5) is 5.69 Å². The summed E-state index contributed by atoms with van der Waals surface area (Å²) in [4.78, 5) is 57.8. The van der Waals surface area contributed by atoms with E-state index in [1.165, 1.54) is 33.9 Å². The number of esters is 1. The summed E-state index contributed by atoms with van der Waals surface area (Å²) in [6, 6.07) is 15.8. The first-order valence-corrected chi connectivity index (χ1v) is 17.0. The largest absolute Gasteiger partial charge is 0.459 e. The summed E-state index contributed by atoms with van der Waals surface area (Å²) in [5.74, 6) is -1.98. The molecule has 1 atom stereocenters. The third-order valence-corrected chi connectivity index (χ3v) is 7.05. The zero-order valence-electron chi connectivity index (χ0n) is 29.2. The van der Waals surface area contributed by atoms with Crippen molar-refractivity contribution in [3.05, 3.63) is 65.9 Å². The highest BCUT2D eigenvalue weighted by Gasteiger charge is 2.32. The molecular formula is C35H48Cl2N4O9. The Labute approximate surface area is 303 Å². The molecule has 0 saturated carbocycles. The molecule has 2 aliphatic rings. The molecule has 2 N–H and O–H groups in total. The van der Waals surface area contributed by atoms with E-state index < -0.39 is 17.8 Å². The smallest absolute Gasteiger partial charge is 0.358 e. The minimum Gasteiger partial charge on any atom is -0.459 e. The number of carbonyl (C=O) groups excluding carboxylic acids is 4. The van der Waals surface area contributed by atoms with Gasteiger partial charge >= 0.3 is 11.9 Å². The third-order valence-electron chi connectivity index (χ3n) is 7.05. The number of fused-ring (bicyclic) bond motifs is 2. The SMILES string of the molecule is CCN(CC)CC.COCC(=O)OCc1c[nH]c2ccccc12.COCC(=O)ON1C(=O)CCC1=O.ClCCl.OCC1C=Nc2ccccc21. The van der Waals surface area contributed by atoms with Gasteiger partial charge < -0.3 is 34.0 Å². The summed E-state index contributed by atoms with van der Waals surface area (Å²) >= 11 is 9.53. The van der Waals surface area contributed by atoms with Crippen molar-refractivity contribution < 1.29 is 43.3 Å². The van der Waals surface area contributed by atoms with Crippen LogP contribution in [0.1, 0.15) is 50.7 Å². The van der Waals surface area contributed by atoms with Gasteiger partial charge in [-0.2, -0.15) is 0 Å². The van der Waals surface area contributed by atoms with Gasteiger partial charge in [0.15, 0.2) is 0 Å². The van der Waals surface area contributed by atoms with Gasteiger partial charge in [-0.05, 0) is 37.3 Å². The molecule has 1 unspecified atom stereocenters. The fourth-order valence-electron chi connectivity index (χ4n) is 4.46. The normalized spacial score (nSPS) is 13.9. The lowest BCUT2D eigenvalue weighted by molar-refractivity contribution is -0.199. The third kappa shape index (κ3) is 15.8. The van der Waals surface area contributed by atoms with Gasteiger partial charge in [0.05, 0.1) is 17.6 Å². The van der Waals surface area contributed by atoms with Gasteiger partial charge in [-0.1, -0.05) is 57.2 Å². The number of nitrogens with one attached hydrogen (secondary N) is 1. The maximum absolute atomic E-state index is 11.1. The van der Waals surface area contributed by atoms with Crippen LogP contribution in [-0.2, 0) is 44.8 Å². The van der Waals surface area contributed by atoms with Crippen LogP contribution in [0.25, 0.3) is 10.9 Å². The highest BCUT2D eigenvalue weighted by atomic mass is 35.5. The van der Waals surface area contributed by atoms with Crippen LogP contribution in [0.2, 0.25) is 0 Å². The molecule has 1 saturated heterocycles. The molecule has 2 aromatic carbocycles. The first-order chi connectivity index (χ1) is 24.1. The van der Waals surface area contributed by atoms with Crippen molar-refractivity contribution in [3.63, 3.8) is 0 Å². The number of aliphatic hydroxyl groups is 1. The number of aromatic nitrogens is 1. The number of halogens is 2. The molecule has 3 heterocycles. The van der Waals surface area contributed by atoms with E-state index in [4.69, 9.17) is 33.0 Å². The molecule has 2 amide bonds. The number of imide groups is 1. The number of benzene rings is 2. The zero-order valence-corrected chi connectivity index (χ0v) is 30.7. The predicted octanol–water partition coefficient (Wildman–Crippen LogP) is 5.35. The zero-order chi connectivity index (χ0) is 37.3. The van der Waals surface area contributed by atoms with E-state index in [1.54, 1.807) is 6.21 Å². The summed E-state index contributed by atoms with van der Waals surface area (Å²) in [7, 11) is 2.78. The second kappa shape index (κ2) is 26.0. The fraction of sp³-hybridized carbons (Fsp3) is 0.457. The maximum atomic E-state index is 11.1. The first kappa shape index (κ1) is 44.2. The summed E-state index contributed by atoms with van der Waals surface area (Å²) in [5, 5.41) is 10.7. The average Bonchev–Trinajstić information content (AvgIpc) is 3.83. The molecule has 50 heavy (non-hydrogen) atoms. The van der Waals surface area contributed by atoms with E-state index in [0.717, 1.165) is 27.7 Å². The van der Waals surface area contributed by atoms with E-state index >= 15 is 0 Å². The van der Waals surface area contributed by atoms with Crippen molar-refractivity contribution in [1.82, 2.24) is 14.9 Å². The van der Waals surface area contributed by atoms with Crippen molar-refractivity contribution in [2.75, 3.05) is 59.0 Å². The number of alkyl halides is 2. The molecule has 15 heteroatoms. The standard InChI is InChI=1S/C12H13NO3.C9H9NO.C7H9NO5.C6H15N.CH2Cl2/c1-15-8-12(14)16-7-9-6-13-11-5-3-2-4-10(9)11;11-6-7-5-10-9-4-2-1-3-8(7)9;1-12-4-7(11)13-8-5(9)2-3-6(8)10;1-4-7(5-2)6-3;2-1-3/h2-6,13H,7-8H2,1H3;1-5,7,11H,6H2;2-4H2,1H3;4-6H2,1-3H3;1H2. The number of hydrogen-bond donors (Lipinski definition) is 2. The summed E-state index contributed by atoms with van der Waals surface area (Å²) < 4.78 is 14.2. The van der Waals surface area contributed by atoms with Crippen molar-refractivity contribution in [2.24, 2.45) is 4.99 Å². The van der Waals surface area contributed by atoms with Crippen LogP contribution in [0.15, 0.2) is 59.7 Å². The Hall–Kier alpha value is -3.85. The van der Waals surface area contributed by atoms with E-state index in [0.29, 0.717) is 5.06 Å². The summed E-state index contributed by atoms with van der Waals surface area (Å²) in [6.45, 7) is 10.3. The Morgan fingerprint density at radius 1 is 0.920 bits per heavy atom. The van der Waals surface area contributed by atoms with Gasteiger partial charge in [0.2, 0.25) is 0 Å². The van der Waals surface area contributed by atoms with Crippen molar-refractivity contribution in [3.8, 4) is 0 Å². The number of aliphatic imine (C=N–C) groups is 1. The number of hydroxylamine groups is 2. The number of ether oxygens (including phenoxy) is 3. The number of aromatic amines is 1. The fourth-order valence-corrected chi connectivity index (χ4v) is 4.46. The van der Waals surface area contributed by atoms with E-state index in [1.807, 2.05) is 54.7 Å². The Morgan fingerprint density at radius 2 is 1.48 bits per heavy atom. The average molecular weight is 740 g/mol. The second-order valence-corrected chi connectivity index (χ2v) is 11.1. The van der Waals surface area contributed by atoms with E-state index in [2.05, 4.69) is 50.0 Å². The number of amides is 2. The van der Waals surface area contributed by atoms with Crippen LogP contribution in [0, 0.1) is 0 Å². The molecule has 0 bridgehead atoms. The minimum absolute atomic E-state index is 0.0116. The Kier molecular flexibility index (Phi) is 23.0. The number of para-hydroxylation sites is 2. The van der Waals surface area contributed by atoms with E-state index in [9.17, 15) is 19.2 Å². The van der Waals surface area contributed by atoms with Gasteiger partial charge in [0.25, 0.3) is 11.8 Å². The molecule has 13 nitrogen and oxygen atoms in total. The molecule has 3 aromatic rings. The molecular weight excluding hydrogens is 691 g/mol. The number of H-pyrrole nitrogens is 1. The lowest BCUT2D eigenvalue weighted by Crippen LogP contribution is -2.33. The highest BCUT2D eigenvalue weighted by molar-refractivity contribution is 6.40. The maximum Gasteiger partial charge on any atom is 0.358 e. The molecule has 1 fully saturated rings. The van der Waals surface area contributed by atoms with Gasteiger partial charge in [-0.15, -0.1) is 28.3 Å². The molecule has 2 aliphatic heterocycles. The van der Waals surface area contributed by atoms with Gasteiger partial charge in [-0.3, -0.25) is 14.6 Å². The quantitative estimate of drug-likeness (QED) is 0.149. The molecule has 0 spiro atoms. The summed E-state index contributed by atoms with van der Waals surface area (Å²) in [6.07, 6.45) is 3.84. The van der Waals surface area contributed by atoms with Crippen molar-refractivity contribution in [2.45, 2.75) is 46.1 Å². The predicted molar refractivity (Wildman–Crippen MR) is 193 cm³/mol. The lowest BCUT2D eigenvalue weighted by Gasteiger charge is -2.13. The molecule has 276 valence electrons. The van der Waals surface area contributed by atoms with Crippen LogP contribution < -0.4 is 0 Å². The van der Waals surface area contributed by atoms with Gasteiger partial charge in [0, 0.05) is 61.9 Å². The number of nitrogens with zero attached hydrogens (tertiary/aromatic N) is 3. The number of hydrogen-bond acceptors (Lipinski definition) is 11. The summed E-state index contributed by atoms with van der Waals surface area (Å²) in [5.41, 5.74) is 4.14. The molecule has 0 radical (unpaired) electrons. The van der Waals surface area contributed by atoms with Crippen LogP contribution in [-0.4, -0.2) is 109 Å². The molecule has 1 aromatic heterocycles. The van der Waals surface area contributed by atoms with Crippen molar-refractivity contribution in [1.29, 1.82) is 0 Å². The van der Waals surface area contributed by atoms with Crippen molar-refractivity contribution >= 4 is 69.8 Å². The monoisotopic (exact) mass is 738 g/mol. The minimum atomic E-state index is -0.758. The van der Waals surface area contributed by atoms with Gasteiger partial charge in [0.1, 0.15) is 19.8 Å². The number of rotatable bonds is 11. The van der Waals surface area contributed by atoms with Crippen LogP contribution in [0.3, 0.4) is 0 Å².